The average Bonchev–Trinajstić information content (AvgIpc) is 2.38. The van der Waals surface area contributed by atoms with Gasteiger partial charge in [-0.1, -0.05) is 13.0 Å². The van der Waals surface area contributed by atoms with Crippen molar-refractivity contribution in [3.63, 3.8) is 0 Å². The molecule has 0 aliphatic carbocycles. The van der Waals surface area contributed by atoms with Crippen LogP contribution in [0.5, 0.6) is 11.5 Å². The molecule has 4 heteroatoms. The fraction of sp³-hybridized carbons (Fsp3) is 0.600. The Labute approximate surface area is 115 Å². The highest BCUT2D eigenvalue weighted by Crippen LogP contribution is 2.20. The van der Waals surface area contributed by atoms with E-state index in [0.717, 1.165) is 18.7 Å². The van der Waals surface area contributed by atoms with Crippen LogP contribution in [0, 0.1) is 0 Å². The summed E-state index contributed by atoms with van der Waals surface area (Å²) in [5.74, 6) is 1.49. The molecule has 0 aliphatic heterocycles. The lowest BCUT2D eigenvalue weighted by Gasteiger charge is -2.24. The first-order chi connectivity index (χ1) is 9.07. The van der Waals surface area contributed by atoms with Gasteiger partial charge < -0.3 is 19.9 Å². The molecular weight excluding hydrogens is 242 g/mol. The molecule has 0 saturated carbocycles. The van der Waals surface area contributed by atoms with Gasteiger partial charge in [0, 0.05) is 12.6 Å². The summed E-state index contributed by atoms with van der Waals surface area (Å²) >= 11 is 0. The van der Waals surface area contributed by atoms with E-state index in [1.165, 1.54) is 0 Å². The van der Waals surface area contributed by atoms with Crippen molar-refractivity contribution < 1.29 is 14.6 Å². The zero-order valence-corrected chi connectivity index (χ0v) is 12.1. The molecule has 1 rings (SSSR count). The third-order valence-electron chi connectivity index (χ3n) is 2.60. The summed E-state index contributed by atoms with van der Waals surface area (Å²) in [6.45, 7) is 8.10. The highest BCUT2D eigenvalue weighted by Gasteiger charge is 2.20. The molecule has 4 nitrogen and oxygen atoms in total. The summed E-state index contributed by atoms with van der Waals surface area (Å²) in [4.78, 5) is 0. The van der Waals surface area contributed by atoms with Gasteiger partial charge in [-0.25, -0.2) is 0 Å². The number of rotatable bonds is 9. The van der Waals surface area contributed by atoms with Crippen molar-refractivity contribution in [1.29, 1.82) is 0 Å². The predicted molar refractivity (Wildman–Crippen MR) is 76.9 cm³/mol. The molecule has 19 heavy (non-hydrogen) atoms. The van der Waals surface area contributed by atoms with E-state index in [-0.39, 0.29) is 6.61 Å². The SMILES string of the molecule is CCCNCC(C)(O)COc1cccc(OCC)c1. The summed E-state index contributed by atoms with van der Waals surface area (Å²) in [7, 11) is 0. The standard InChI is InChI=1S/C15H25NO3/c1-4-9-16-11-15(3,17)12-19-14-8-6-7-13(10-14)18-5-2/h6-8,10,16-17H,4-5,9,11-12H2,1-3H3. The molecule has 1 atom stereocenters. The molecule has 1 aromatic rings. The monoisotopic (exact) mass is 267 g/mol. The van der Waals surface area contributed by atoms with Crippen LogP contribution in [-0.4, -0.2) is 37.0 Å². The maximum Gasteiger partial charge on any atom is 0.123 e. The van der Waals surface area contributed by atoms with Crippen molar-refractivity contribution in [2.75, 3.05) is 26.3 Å². The summed E-state index contributed by atoms with van der Waals surface area (Å²) < 4.78 is 11.0. The smallest absolute Gasteiger partial charge is 0.123 e. The molecule has 108 valence electrons. The van der Waals surface area contributed by atoms with E-state index in [2.05, 4.69) is 12.2 Å². The van der Waals surface area contributed by atoms with E-state index in [4.69, 9.17) is 9.47 Å². The minimum Gasteiger partial charge on any atom is -0.494 e. The van der Waals surface area contributed by atoms with Crippen molar-refractivity contribution in [3.8, 4) is 11.5 Å². The maximum atomic E-state index is 10.2. The Morgan fingerprint density at radius 1 is 1.21 bits per heavy atom. The van der Waals surface area contributed by atoms with Gasteiger partial charge >= 0.3 is 0 Å². The Hall–Kier alpha value is -1.26. The normalized spacial score (nSPS) is 13.9. The van der Waals surface area contributed by atoms with Crippen LogP contribution in [0.15, 0.2) is 24.3 Å². The summed E-state index contributed by atoms with van der Waals surface area (Å²) in [5, 5.41) is 13.3. The first-order valence-electron chi connectivity index (χ1n) is 6.86. The number of aliphatic hydroxyl groups is 1. The molecule has 1 unspecified atom stereocenters. The largest absolute Gasteiger partial charge is 0.494 e. The topological polar surface area (TPSA) is 50.7 Å². The molecule has 0 spiro atoms. The lowest BCUT2D eigenvalue weighted by atomic mass is 10.1. The van der Waals surface area contributed by atoms with E-state index >= 15 is 0 Å². The minimum absolute atomic E-state index is 0.249. The third-order valence-corrected chi connectivity index (χ3v) is 2.60. The molecule has 1 aromatic carbocycles. The van der Waals surface area contributed by atoms with Gasteiger partial charge in [0.25, 0.3) is 0 Å². The van der Waals surface area contributed by atoms with Gasteiger partial charge in [0.2, 0.25) is 0 Å². The number of hydrogen-bond acceptors (Lipinski definition) is 4. The van der Waals surface area contributed by atoms with Gasteiger partial charge in [-0.3, -0.25) is 0 Å². The van der Waals surface area contributed by atoms with E-state index in [9.17, 15) is 5.11 Å². The Morgan fingerprint density at radius 3 is 2.53 bits per heavy atom. The van der Waals surface area contributed by atoms with Gasteiger partial charge in [0.15, 0.2) is 0 Å². The third kappa shape index (κ3) is 6.45. The second-order valence-corrected chi connectivity index (χ2v) is 4.87. The van der Waals surface area contributed by atoms with Crippen LogP contribution in [0.2, 0.25) is 0 Å². The van der Waals surface area contributed by atoms with Crippen LogP contribution in [0.4, 0.5) is 0 Å². The fourth-order valence-corrected chi connectivity index (χ4v) is 1.64. The Kier molecular flexibility index (Phi) is 6.67. The quantitative estimate of drug-likeness (QED) is 0.674. The molecule has 0 bridgehead atoms. The van der Waals surface area contributed by atoms with Crippen LogP contribution in [-0.2, 0) is 0 Å². The molecule has 2 N–H and O–H groups in total. The Balaban J connectivity index is 2.44. The number of ether oxygens (including phenoxy) is 2. The number of benzene rings is 1. The van der Waals surface area contributed by atoms with Crippen molar-refractivity contribution >= 4 is 0 Å². The van der Waals surface area contributed by atoms with Crippen LogP contribution in [0.25, 0.3) is 0 Å². The average molecular weight is 267 g/mol. The maximum absolute atomic E-state index is 10.2. The van der Waals surface area contributed by atoms with Gasteiger partial charge in [-0.05, 0) is 38.9 Å². The number of nitrogens with one attached hydrogen (secondary N) is 1. The molecular formula is C15H25NO3. The van der Waals surface area contributed by atoms with E-state index in [1.807, 2.05) is 31.2 Å². The van der Waals surface area contributed by atoms with Crippen LogP contribution >= 0.6 is 0 Å². The molecule has 0 heterocycles. The Bertz CT molecular complexity index is 366. The fourth-order valence-electron chi connectivity index (χ4n) is 1.64. The summed E-state index contributed by atoms with van der Waals surface area (Å²) in [6, 6.07) is 7.46. The van der Waals surface area contributed by atoms with E-state index < -0.39 is 5.60 Å². The van der Waals surface area contributed by atoms with E-state index in [0.29, 0.717) is 18.9 Å². The number of hydrogen-bond donors (Lipinski definition) is 2. The molecule has 0 fully saturated rings. The summed E-state index contributed by atoms with van der Waals surface area (Å²) in [6.07, 6.45) is 1.05. The predicted octanol–water partition coefficient (Wildman–Crippen LogP) is 2.21. The highest BCUT2D eigenvalue weighted by atomic mass is 16.5. The van der Waals surface area contributed by atoms with Crippen molar-refractivity contribution in [2.24, 2.45) is 0 Å². The first kappa shape index (κ1) is 15.8. The molecule has 0 aliphatic rings. The van der Waals surface area contributed by atoms with Crippen molar-refractivity contribution in [2.45, 2.75) is 32.8 Å². The zero-order chi connectivity index (χ0) is 14.1. The van der Waals surface area contributed by atoms with Gasteiger partial charge in [0.05, 0.1) is 6.61 Å². The van der Waals surface area contributed by atoms with Crippen molar-refractivity contribution in [3.05, 3.63) is 24.3 Å². The summed E-state index contributed by atoms with van der Waals surface area (Å²) in [5.41, 5.74) is -0.878. The van der Waals surface area contributed by atoms with Gasteiger partial charge in [-0.15, -0.1) is 0 Å². The van der Waals surface area contributed by atoms with Crippen LogP contribution in [0.3, 0.4) is 0 Å². The zero-order valence-electron chi connectivity index (χ0n) is 12.1. The minimum atomic E-state index is -0.878. The molecule has 0 aromatic heterocycles. The molecule has 0 saturated heterocycles. The molecule has 0 radical (unpaired) electrons. The van der Waals surface area contributed by atoms with Crippen molar-refractivity contribution in [1.82, 2.24) is 5.32 Å². The second-order valence-electron chi connectivity index (χ2n) is 4.87. The van der Waals surface area contributed by atoms with Gasteiger partial charge in [-0.2, -0.15) is 0 Å². The van der Waals surface area contributed by atoms with Gasteiger partial charge in [0.1, 0.15) is 23.7 Å². The van der Waals surface area contributed by atoms with Crippen LogP contribution in [0.1, 0.15) is 27.2 Å². The molecule has 0 amide bonds. The first-order valence-corrected chi connectivity index (χ1v) is 6.86. The second kappa shape index (κ2) is 8.02. The highest BCUT2D eigenvalue weighted by molar-refractivity contribution is 5.32. The Morgan fingerprint density at radius 2 is 1.89 bits per heavy atom. The van der Waals surface area contributed by atoms with Crippen LogP contribution < -0.4 is 14.8 Å². The lowest BCUT2D eigenvalue weighted by molar-refractivity contribution is 0.0124. The van der Waals surface area contributed by atoms with E-state index in [1.54, 1.807) is 6.92 Å². The lowest BCUT2D eigenvalue weighted by Crippen LogP contribution is -2.43.